The third-order valence-electron chi connectivity index (χ3n) is 4.22. The Morgan fingerprint density at radius 1 is 1.12 bits per heavy atom. The van der Waals surface area contributed by atoms with Crippen molar-refractivity contribution in [1.29, 1.82) is 0 Å². The number of benzene rings is 2. The zero-order valence-corrected chi connectivity index (χ0v) is 14.6. The second-order valence-corrected chi connectivity index (χ2v) is 6.26. The minimum absolute atomic E-state index is 0.158. The predicted molar refractivity (Wildman–Crippen MR) is 99.9 cm³/mol. The van der Waals surface area contributed by atoms with E-state index in [9.17, 15) is 14.4 Å². The van der Waals surface area contributed by atoms with Gasteiger partial charge in [0.25, 0.3) is 5.91 Å². The Morgan fingerprint density at radius 2 is 1.88 bits per heavy atom. The molecule has 0 atom stereocenters. The second kappa shape index (κ2) is 7.82. The van der Waals surface area contributed by atoms with E-state index in [4.69, 9.17) is 0 Å². The number of anilines is 2. The molecule has 26 heavy (non-hydrogen) atoms. The van der Waals surface area contributed by atoms with Crippen LogP contribution in [0.3, 0.4) is 0 Å². The summed E-state index contributed by atoms with van der Waals surface area (Å²) in [6.07, 6.45) is 1.50. The summed E-state index contributed by atoms with van der Waals surface area (Å²) in [6, 6.07) is 14.4. The summed E-state index contributed by atoms with van der Waals surface area (Å²) in [5.41, 5.74) is 2.91. The van der Waals surface area contributed by atoms with Crippen molar-refractivity contribution in [2.45, 2.75) is 26.3 Å². The molecule has 6 nitrogen and oxygen atoms in total. The van der Waals surface area contributed by atoms with E-state index in [1.54, 1.807) is 29.2 Å². The Kier molecular flexibility index (Phi) is 5.31. The number of amides is 3. The minimum Gasteiger partial charge on any atom is -0.348 e. The molecule has 0 saturated carbocycles. The molecule has 134 valence electrons. The van der Waals surface area contributed by atoms with Crippen LogP contribution in [0.4, 0.5) is 11.4 Å². The van der Waals surface area contributed by atoms with Crippen LogP contribution in [0.15, 0.2) is 48.5 Å². The third kappa shape index (κ3) is 4.27. The van der Waals surface area contributed by atoms with Crippen LogP contribution in [-0.2, 0) is 16.1 Å². The van der Waals surface area contributed by atoms with E-state index in [1.807, 2.05) is 24.3 Å². The van der Waals surface area contributed by atoms with Gasteiger partial charge in [-0.2, -0.15) is 0 Å². The summed E-state index contributed by atoms with van der Waals surface area (Å²) in [6.45, 7) is 2.57. The number of carbonyl (C=O) groups is 3. The van der Waals surface area contributed by atoms with Gasteiger partial charge >= 0.3 is 0 Å². The lowest BCUT2D eigenvalue weighted by atomic mass is 10.1. The summed E-state index contributed by atoms with van der Waals surface area (Å²) >= 11 is 0. The molecule has 1 aliphatic rings. The van der Waals surface area contributed by atoms with Crippen molar-refractivity contribution in [3.63, 3.8) is 0 Å². The first-order chi connectivity index (χ1) is 12.5. The van der Waals surface area contributed by atoms with Gasteiger partial charge in [0.15, 0.2) is 0 Å². The Labute approximate surface area is 152 Å². The zero-order chi connectivity index (χ0) is 18.5. The van der Waals surface area contributed by atoms with Crippen LogP contribution in [0.25, 0.3) is 0 Å². The van der Waals surface area contributed by atoms with E-state index in [-0.39, 0.29) is 17.7 Å². The Bertz CT molecular complexity index is 830. The lowest BCUT2D eigenvalue weighted by Gasteiger charge is -2.16. The molecule has 2 N–H and O–H groups in total. The van der Waals surface area contributed by atoms with Crippen molar-refractivity contribution in [2.24, 2.45) is 0 Å². The second-order valence-electron chi connectivity index (χ2n) is 6.26. The van der Waals surface area contributed by atoms with E-state index >= 15 is 0 Å². The van der Waals surface area contributed by atoms with Crippen LogP contribution in [0.1, 0.15) is 35.7 Å². The molecule has 0 spiro atoms. The fourth-order valence-corrected chi connectivity index (χ4v) is 2.94. The monoisotopic (exact) mass is 351 g/mol. The fourth-order valence-electron chi connectivity index (χ4n) is 2.94. The highest BCUT2D eigenvalue weighted by molar-refractivity contribution is 5.97. The van der Waals surface area contributed by atoms with Gasteiger partial charge in [0, 0.05) is 43.4 Å². The molecule has 0 aromatic heterocycles. The van der Waals surface area contributed by atoms with Gasteiger partial charge < -0.3 is 15.5 Å². The molecule has 0 bridgehead atoms. The fraction of sp³-hybridized carbons (Fsp3) is 0.250. The van der Waals surface area contributed by atoms with E-state index in [0.717, 1.165) is 24.2 Å². The third-order valence-corrected chi connectivity index (χ3v) is 4.22. The normalized spacial score (nSPS) is 13.6. The number of nitrogens with one attached hydrogen (secondary N) is 2. The standard InChI is InChI=1S/C20H21N3O3/c1-14(24)22-17-5-2-4-16(12-17)20(26)21-13-15-7-9-18(10-8-15)23-11-3-6-19(23)25/h2,4-5,7-10,12H,3,6,11,13H2,1H3,(H,21,26)(H,22,24). The molecule has 3 rings (SSSR count). The van der Waals surface area contributed by atoms with Gasteiger partial charge in [0.1, 0.15) is 0 Å². The first-order valence-corrected chi connectivity index (χ1v) is 8.58. The summed E-state index contributed by atoms with van der Waals surface area (Å²) in [5.74, 6) is -0.236. The summed E-state index contributed by atoms with van der Waals surface area (Å²) in [7, 11) is 0. The molecule has 1 saturated heterocycles. The average Bonchev–Trinajstić information content (AvgIpc) is 3.06. The number of hydrogen-bond donors (Lipinski definition) is 2. The van der Waals surface area contributed by atoms with Crippen molar-refractivity contribution in [3.05, 3.63) is 59.7 Å². The molecule has 2 aromatic carbocycles. The summed E-state index contributed by atoms with van der Waals surface area (Å²) < 4.78 is 0. The highest BCUT2D eigenvalue weighted by Gasteiger charge is 2.21. The van der Waals surface area contributed by atoms with Crippen LogP contribution in [0, 0.1) is 0 Å². The Hall–Kier alpha value is -3.15. The lowest BCUT2D eigenvalue weighted by Crippen LogP contribution is -2.24. The maximum Gasteiger partial charge on any atom is 0.251 e. The van der Waals surface area contributed by atoms with Crippen LogP contribution >= 0.6 is 0 Å². The van der Waals surface area contributed by atoms with Gasteiger partial charge in [0.2, 0.25) is 11.8 Å². The van der Waals surface area contributed by atoms with Gasteiger partial charge in [-0.05, 0) is 42.3 Å². The number of hydrogen-bond acceptors (Lipinski definition) is 3. The van der Waals surface area contributed by atoms with E-state index < -0.39 is 0 Å². The van der Waals surface area contributed by atoms with Crippen molar-refractivity contribution >= 4 is 29.1 Å². The van der Waals surface area contributed by atoms with Crippen molar-refractivity contribution in [1.82, 2.24) is 5.32 Å². The summed E-state index contributed by atoms with van der Waals surface area (Å²) in [5, 5.41) is 5.52. The molecule has 6 heteroatoms. The van der Waals surface area contributed by atoms with Crippen molar-refractivity contribution < 1.29 is 14.4 Å². The average molecular weight is 351 g/mol. The molecule has 1 heterocycles. The number of nitrogens with zero attached hydrogens (tertiary/aromatic N) is 1. The molecule has 2 aromatic rings. The Balaban J connectivity index is 1.59. The van der Waals surface area contributed by atoms with Gasteiger partial charge in [-0.1, -0.05) is 18.2 Å². The minimum atomic E-state index is -0.212. The van der Waals surface area contributed by atoms with Crippen molar-refractivity contribution in [3.8, 4) is 0 Å². The van der Waals surface area contributed by atoms with Crippen LogP contribution in [-0.4, -0.2) is 24.3 Å². The SMILES string of the molecule is CC(=O)Nc1cccc(C(=O)NCc2ccc(N3CCCC3=O)cc2)c1. The molecule has 1 aliphatic heterocycles. The molecule has 0 radical (unpaired) electrons. The highest BCUT2D eigenvalue weighted by Crippen LogP contribution is 2.21. The number of carbonyl (C=O) groups excluding carboxylic acids is 3. The highest BCUT2D eigenvalue weighted by atomic mass is 16.2. The van der Waals surface area contributed by atoms with E-state index in [0.29, 0.717) is 24.2 Å². The van der Waals surface area contributed by atoms with Gasteiger partial charge in [-0.25, -0.2) is 0 Å². The van der Waals surface area contributed by atoms with Gasteiger partial charge in [-0.15, -0.1) is 0 Å². The summed E-state index contributed by atoms with van der Waals surface area (Å²) in [4.78, 5) is 37.0. The molecular formula is C20H21N3O3. The zero-order valence-electron chi connectivity index (χ0n) is 14.6. The molecular weight excluding hydrogens is 330 g/mol. The van der Waals surface area contributed by atoms with Crippen LogP contribution < -0.4 is 15.5 Å². The largest absolute Gasteiger partial charge is 0.348 e. The molecule has 0 aliphatic carbocycles. The van der Waals surface area contributed by atoms with Gasteiger partial charge in [-0.3, -0.25) is 14.4 Å². The molecule has 1 fully saturated rings. The van der Waals surface area contributed by atoms with Crippen molar-refractivity contribution in [2.75, 3.05) is 16.8 Å². The smallest absolute Gasteiger partial charge is 0.251 e. The maximum absolute atomic E-state index is 12.3. The quantitative estimate of drug-likeness (QED) is 0.869. The Morgan fingerprint density at radius 3 is 2.54 bits per heavy atom. The number of rotatable bonds is 5. The van der Waals surface area contributed by atoms with E-state index in [2.05, 4.69) is 10.6 Å². The molecule has 0 unspecified atom stereocenters. The maximum atomic E-state index is 12.3. The van der Waals surface area contributed by atoms with Crippen LogP contribution in [0.2, 0.25) is 0 Å². The van der Waals surface area contributed by atoms with Gasteiger partial charge in [0.05, 0.1) is 0 Å². The lowest BCUT2D eigenvalue weighted by molar-refractivity contribution is -0.117. The first-order valence-electron chi connectivity index (χ1n) is 8.58. The predicted octanol–water partition coefficient (Wildman–Crippen LogP) is 2.70. The molecule has 3 amide bonds. The topological polar surface area (TPSA) is 78.5 Å². The van der Waals surface area contributed by atoms with Crippen LogP contribution in [0.5, 0.6) is 0 Å². The van der Waals surface area contributed by atoms with E-state index in [1.165, 1.54) is 6.92 Å². The first kappa shape index (κ1) is 17.7.